The molecule has 24 heavy (non-hydrogen) atoms. The van der Waals surface area contributed by atoms with Gasteiger partial charge in [-0.1, -0.05) is 57.0 Å². The van der Waals surface area contributed by atoms with Crippen LogP contribution < -0.4 is 5.32 Å². The Morgan fingerprint density at radius 2 is 2.08 bits per heavy atom. The summed E-state index contributed by atoms with van der Waals surface area (Å²) in [7, 11) is 0. The summed E-state index contributed by atoms with van der Waals surface area (Å²) < 4.78 is 0. The average molecular weight is 333 g/mol. The maximum Gasteiger partial charge on any atom is 0.252 e. The van der Waals surface area contributed by atoms with Crippen molar-refractivity contribution >= 4 is 5.91 Å². The molecule has 2 rings (SSSR count). The van der Waals surface area contributed by atoms with Crippen LogP contribution in [-0.4, -0.2) is 28.3 Å². The molecule has 1 aromatic carbocycles. The highest BCUT2D eigenvalue weighted by Crippen LogP contribution is 2.41. The fourth-order valence-electron chi connectivity index (χ4n) is 3.97. The van der Waals surface area contributed by atoms with Gasteiger partial charge in [0, 0.05) is 6.54 Å². The van der Waals surface area contributed by atoms with E-state index in [9.17, 15) is 15.0 Å². The van der Waals surface area contributed by atoms with Crippen LogP contribution in [0.5, 0.6) is 0 Å². The summed E-state index contributed by atoms with van der Waals surface area (Å²) in [6.07, 6.45) is 1.63. The minimum atomic E-state index is -1.34. The fraction of sp³-hybridized carbons (Fsp3) is 0.650. The van der Waals surface area contributed by atoms with E-state index in [0.29, 0.717) is 12.3 Å². The molecule has 134 valence electrons. The predicted molar refractivity (Wildman–Crippen MR) is 95.4 cm³/mol. The highest BCUT2D eigenvalue weighted by Gasteiger charge is 2.48. The molecule has 4 heteroatoms. The molecule has 0 bridgehead atoms. The first-order chi connectivity index (χ1) is 11.2. The maximum atomic E-state index is 12.7. The second-order valence-corrected chi connectivity index (χ2v) is 7.80. The van der Waals surface area contributed by atoms with Crippen molar-refractivity contribution < 1.29 is 15.0 Å². The van der Waals surface area contributed by atoms with Gasteiger partial charge in [-0.2, -0.15) is 0 Å². The van der Waals surface area contributed by atoms with E-state index in [-0.39, 0.29) is 24.3 Å². The predicted octanol–water partition coefficient (Wildman–Crippen LogP) is 2.97. The van der Waals surface area contributed by atoms with Crippen molar-refractivity contribution in [3.05, 3.63) is 35.4 Å². The first-order valence-electron chi connectivity index (χ1n) is 8.99. The van der Waals surface area contributed by atoms with Gasteiger partial charge >= 0.3 is 0 Å². The number of aliphatic hydroxyl groups excluding tert-OH is 1. The molecule has 1 saturated carbocycles. The first kappa shape index (κ1) is 18.9. The zero-order valence-electron chi connectivity index (χ0n) is 15.2. The van der Waals surface area contributed by atoms with Crippen LogP contribution >= 0.6 is 0 Å². The van der Waals surface area contributed by atoms with Gasteiger partial charge in [-0.3, -0.25) is 4.79 Å². The maximum absolute atomic E-state index is 12.7. The molecule has 1 aliphatic carbocycles. The van der Waals surface area contributed by atoms with Gasteiger partial charge in [0.2, 0.25) is 0 Å². The number of hydrogen-bond donors (Lipinski definition) is 3. The SMILES string of the molecule is Cc1cccc([C@H](O)CNC(=O)C2(O)CC(C)CCC2C(C)C)c1. The number of carbonyl (C=O) groups excluding carboxylic acids is 1. The van der Waals surface area contributed by atoms with Crippen LogP contribution in [0.1, 0.15) is 57.3 Å². The number of benzene rings is 1. The number of amides is 1. The third-order valence-electron chi connectivity index (χ3n) is 5.32. The summed E-state index contributed by atoms with van der Waals surface area (Å²) in [6.45, 7) is 8.27. The van der Waals surface area contributed by atoms with Gasteiger partial charge in [0.25, 0.3) is 5.91 Å². The fourth-order valence-corrected chi connectivity index (χ4v) is 3.97. The van der Waals surface area contributed by atoms with Crippen LogP contribution in [0.4, 0.5) is 0 Å². The third-order valence-corrected chi connectivity index (χ3v) is 5.32. The lowest BCUT2D eigenvalue weighted by Crippen LogP contribution is -2.56. The van der Waals surface area contributed by atoms with Crippen LogP contribution in [-0.2, 0) is 4.79 Å². The van der Waals surface area contributed by atoms with E-state index >= 15 is 0 Å². The molecule has 4 atom stereocenters. The van der Waals surface area contributed by atoms with Crippen molar-refractivity contribution in [2.24, 2.45) is 17.8 Å². The summed E-state index contributed by atoms with van der Waals surface area (Å²) in [6, 6.07) is 7.61. The van der Waals surface area contributed by atoms with Gasteiger partial charge in [-0.25, -0.2) is 0 Å². The van der Waals surface area contributed by atoms with Gasteiger partial charge in [0.05, 0.1) is 6.10 Å². The molecule has 4 nitrogen and oxygen atoms in total. The van der Waals surface area contributed by atoms with E-state index in [1.54, 1.807) is 0 Å². The van der Waals surface area contributed by atoms with E-state index < -0.39 is 11.7 Å². The molecule has 1 fully saturated rings. The molecule has 1 aliphatic rings. The van der Waals surface area contributed by atoms with E-state index in [2.05, 4.69) is 26.1 Å². The van der Waals surface area contributed by atoms with E-state index in [4.69, 9.17) is 0 Å². The molecule has 0 aliphatic heterocycles. The van der Waals surface area contributed by atoms with Crippen LogP contribution in [0, 0.1) is 24.7 Å². The monoisotopic (exact) mass is 333 g/mol. The Kier molecular flexibility index (Phi) is 6.05. The van der Waals surface area contributed by atoms with Gasteiger partial charge in [-0.05, 0) is 43.1 Å². The minimum Gasteiger partial charge on any atom is -0.387 e. The average Bonchev–Trinajstić information content (AvgIpc) is 2.51. The van der Waals surface area contributed by atoms with Crippen LogP contribution in [0.2, 0.25) is 0 Å². The van der Waals surface area contributed by atoms with Crippen LogP contribution in [0.15, 0.2) is 24.3 Å². The number of carbonyl (C=O) groups is 1. The molecular weight excluding hydrogens is 302 g/mol. The van der Waals surface area contributed by atoms with E-state index in [1.807, 2.05) is 31.2 Å². The topological polar surface area (TPSA) is 69.6 Å². The molecule has 1 aromatic rings. The highest BCUT2D eigenvalue weighted by atomic mass is 16.3. The Balaban J connectivity index is 2.04. The largest absolute Gasteiger partial charge is 0.387 e. The number of aliphatic hydroxyl groups is 2. The Hall–Kier alpha value is -1.39. The lowest BCUT2D eigenvalue weighted by Gasteiger charge is -2.43. The lowest BCUT2D eigenvalue weighted by atomic mass is 9.66. The smallest absolute Gasteiger partial charge is 0.252 e. The number of hydrogen-bond acceptors (Lipinski definition) is 3. The molecule has 3 unspecified atom stereocenters. The number of rotatable bonds is 5. The van der Waals surface area contributed by atoms with Gasteiger partial charge < -0.3 is 15.5 Å². The van der Waals surface area contributed by atoms with Crippen LogP contribution in [0.25, 0.3) is 0 Å². The summed E-state index contributed by atoms with van der Waals surface area (Å²) >= 11 is 0. The Labute approximate surface area is 145 Å². The third kappa shape index (κ3) is 4.17. The molecule has 3 N–H and O–H groups in total. The second kappa shape index (κ2) is 7.66. The van der Waals surface area contributed by atoms with E-state index in [0.717, 1.165) is 24.0 Å². The van der Waals surface area contributed by atoms with Crippen molar-refractivity contribution in [1.29, 1.82) is 0 Å². The summed E-state index contributed by atoms with van der Waals surface area (Å²) in [5, 5.41) is 24.2. The van der Waals surface area contributed by atoms with Crippen molar-refractivity contribution in [2.45, 2.75) is 58.7 Å². The van der Waals surface area contributed by atoms with Crippen LogP contribution in [0.3, 0.4) is 0 Å². The molecular formula is C20H31NO3. The summed E-state index contributed by atoms with van der Waals surface area (Å²) in [5.74, 6) is 0.191. The van der Waals surface area contributed by atoms with Crippen molar-refractivity contribution in [1.82, 2.24) is 5.32 Å². The summed E-state index contributed by atoms with van der Waals surface area (Å²) in [4.78, 5) is 12.7. The van der Waals surface area contributed by atoms with Crippen molar-refractivity contribution in [3.63, 3.8) is 0 Å². The molecule has 0 aromatic heterocycles. The van der Waals surface area contributed by atoms with Crippen molar-refractivity contribution in [2.75, 3.05) is 6.54 Å². The summed E-state index contributed by atoms with van der Waals surface area (Å²) in [5.41, 5.74) is 0.509. The van der Waals surface area contributed by atoms with Gasteiger partial charge in [-0.15, -0.1) is 0 Å². The zero-order valence-corrected chi connectivity index (χ0v) is 15.2. The molecule has 0 saturated heterocycles. The highest BCUT2D eigenvalue weighted by molar-refractivity contribution is 5.85. The zero-order chi connectivity index (χ0) is 17.9. The second-order valence-electron chi connectivity index (χ2n) is 7.80. The van der Waals surface area contributed by atoms with E-state index in [1.165, 1.54) is 0 Å². The normalized spacial score (nSPS) is 28.6. The Morgan fingerprint density at radius 1 is 1.38 bits per heavy atom. The molecule has 0 radical (unpaired) electrons. The molecule has 0 spiro atoms. The Bertz CT molecular complexity index is 572. The molecule has 1 amide bonds. The van der Waals surface area contributed by atoms with Gasteiger partial charge in [0.15, 0.2) is 0 Å². The van der Waals surface area contributed by atoms with Crippen molar-refractivity contribution in [3.8, 4) is 0 Å². The van der Waals surface area contributed by atoms with Gasteiger partial charge in [0.1, 0.15) is 5.60 Å². The molecule has 0 heterocycles. The number of nitrogens with one attached hydrogen (secondary N) is 1. The Morgan fingerprint density at radius 3 is 2.71 bits per heavy atom. The quantitative estimate of drug-likeness (QED) is 0.776. The first-order valence-corrected chi connectivity index (χ1v) is 8.99. The number of aryl methyl sites for hydroxylation is 1. The standard InChI is InChI=1S/C20H31NO3/c1-13(2)17-9-8-15(4)11-20(17,24)19(23)21-12-18(22)16-7-5-6-14(3)10-16/h5-7,10,13,15,17-18,22,24H,8-9,11-12H2,1-4H3,(H,21,23)/t15?,17?,18-,20?/m1/s1. The minimum absolute atomic E-state index is 0.0372. The lowest BCUT2D eigenvalue weighted by molar-refractivity contribution is -0.156.